The van der Waals surface area contributed by atoms with E-state index in [0.29, 0.717) is 6.42 Å². The Bertz CT molecular complexity index is 718. The quantitative estimate of drug-likeness (QED) is 0.444. The maximum Gasteiger partial charge on any atom is 0.223 e. The number of rotatable bonds is 6. The summed E-state index contributed by atoms with van der Waals surface area (Å²) < 4.78 is 0. The van der Waals surface area contributed by atoms with Crippen molar-refractivity contribution in [2.75, 3.05) is 46.3 Å². The van der Waals surface area contributed by atoms with Gasteiger partial charge in [-0.2, -0.15) is 0 Å². The maximum atomic E-state index is 12.6. The van der Waals surface area contributed by atoms with E-state index in [1.807, 2.05) is 11.9 Å². The lowest BCUT2D eigenvalue weighted by atomic mass is 10.1. The molecule has 30 heavy (non-hydrogen) atoms. The van der Waals surface area contributed by atoms with Gasteiger partial charge in [0.15, 0.2) is 5.96 Å². The van der Waals surface area contributed by atoms with Crippen LogP contribution in [0.3, 0.4) is 0 Å². The smallest absolute Gasteiger partial charge is 0.223 e. The summed E-state index contributed by atoms with van der Waals surface area (Å²) in [5.41, 5.74) is 2.58. The largest absolute Gasteiger partial charge is 0.356 e. The van der Waals surface area contributed by atoms with Crippen LogP contribution in [0.5, 0.6) is 0 Å². The molecule has 1 unspecified atom stereocenters. The first-order valence-electron chi connectivity index (χ1n) is 11.8. The summed E-state index contributed by atoms with van der Waals surface area (Å²) >= 11 is 0. The molecule has 1 aromatic rings. The molecule has 6 nitrogen and oxygen atoms in total. The molecule has 1 atom stereocenters. The molecular weight excluding hydrogens is 374 g/mol. The number of hydrogen-bond donors (Lipinski definition) is 1. The average molecular weight is 412 g/mol. The van der Waals surface area contributed by atoms with E-state index in [-0.39, 0.29) is 5.91 Å². The van der Waals surface area contributed by atoms with Gasteiger partial charge in [-0.3, -0.25) is 9.79 Å². The highest BCUT2D eigenvalue weighted by molar-refractivity contribution is 5.80. The lowest BCUT2D eigenvalue weighted by Gasteiger charge is -2.29. The van der Waals surface area contributed by atoms with Crippen LogP contribution in [0.25, 0.3) is 0 Å². The molecule has 4 rings (SSSR count). The highest BCUT2D eigenvalue weighted by Crippen LogP contribution is 2.23. The predicted molar refractivity (Wildman–Crippen MR) is 121 cm³/mol. The lowest BCUT2D eigenvalue weighted by molar-refractivity contribution is -0.131. The second kappa shape index (κ2) is 10.3. The van der Waals surface area contributed by atoms with Crippen LogP contribution in [-0.4, -0.2) is 72.9 Å². The first-order chi connectivity index (χ1) is 14.7. The van der Waals surface area contributed by atoms with Gasteiger partial charge in [-0.25, -0.2) is 0 Å². The third-order valence-electron chi connectivity index (χ3n) is 6.81. The van der Waals surface area contributed by atoms with Crippen LogP contribution in [0.2, 0.25) is 0 Å². The summed E-state index contributed by atoms with van der Waals surface area (Å²) in [4.78, 5) is 24.1. The summed E-state index contributed by atoms with van der Waals surface area (Å²) in [6.45, 7) is 8.29. The fourth-order valence-electron chi connectivity index (χ4n) is 5.12. The van der Waals surface area contributed by atoms with Gasteiger partial charge in [-0.1, -0.05) is 30.7 Å². The Kier molecular flexibility index (Phi) is 7.26. The van der Waals surface area contributed by atoms with Crippen molar-refractivity contribution in [3.63, 3.8) is 0 Å². The van der Waals surface area contributed by atoms with E-state index < -0.39 is 0 Å². The van der Waals surface area contributed by atoms with Crippen LogP contribution in [0.15, 0.2) is 29.3 Å². The molecule has 164 valence electrons. The highest BCUT2D eigenvalue weighted by Gasteiger charge is 2.27. The number of fused-ring (bicyclic) bond motifs is 1. The van der Waals surface area contributed by atoms with E-state index in [0.717, 1.165) is 51.0 Å². The van der Waals surface area contributed by atoms with Crippen molar-refractivity contribution in [1.82, 2.24) is 20.0 Å². The number of aliphatic imine (C=N–C) groups is 1. The molecule has 2 saturated heterocycles. The minimum absolute atomic E-state index is 0.255. The van der Waals surface area contributed by atoms with Crippen molar-refractivity contribution < 1.29 is 4.79 Å². The lowest BCUT2D eigenvalue weighted by Crippen LogP contribution is -2.41. The standard InChI is InChI=1S/C24H37N5O/c1-25-24(28-15-11-20(17-28)16-27-13-5-2-6-14-27)26-12-7-10-23(30)29-18-21-8-3-4-9-22(21)19-29/h3-4,8-9,20H,2,5-7,10-19H2,1H3,(H,25,26). The number of hydrogen-bond acceptors (Lipinski definition) is 3. The molecule has 0 saturated carbocycles. The Morgan fingerprint density at radius 2 is 1.80 bits per heavy atom. The van der Waals surface area contributed by atoms with E-state index in [1.54, 1.807) is 0 Å². The van der Waals surface area contributed by atoms with Gasteiger partial charge in [-0.15, -0.1) is 0 Å². The van der Waals surface area contributed by atoms with Crippen LogP contribution in [-0.2, 0) is 17.9 Å². The van der Waals surface area contributed by atoms with E-state index in [2.05, 4.69) is 44.4 Å². The minimum Gasteiger partial charge on any atom is -0.356 e. The van der Waals surface area contributed by atoms with Gasteiger partial charge >= 0.3 is 0 Å². The third-order valence-corrected chi connectivity index (χ3v) is 6.81. The Balaban J connectivity index is 1.14. The molecular formula is C24H37N5O. The van der Waals surface area contributed by atoms with Crippen molar-refractivity contribution >= 4 is 11.9 Å². The Hall–Kier alpha value is -2.08. The second-order valence-corrected chi connectivity index (χ2v) is 9.06. The van der Waals surface area contributed by atoms with Crippen molar-refractivity contribution in [2.24, 2.45) is 10.9 Å². The van der Waals surface area contributed by atoms with Gasteiger partial charge in [0.2, 0.25) is 5.91 Å². The summed E-state index contributed by atoms with van der Waals surface area (Å²) in [6.07, 6.45) is 6.82. The van der Waals surface area contributed by atoms with Crippen LogP contribution in [0, 0.1) is 5.92 Å². The number of amides is 1. The first kappa shape index (κ1) is 21.2. The Morgan fingerprint density at radius 1 is 1.07 bits per heavy atom. The molecule has 0 bridgehead atoms. The normalized spacial score (nSPS) is 22.4. The number of nitrogens with zero attached hydrogens (tertiary/aromatic N) is 4. The third kappa shape index (κ3) is 5.34. The molecule has 3 aliphatic rings. The van der Waals surface area contributed by atoms with Crippen molar-refractivity contribution in [2.45, 2.75) is 51.6 Å². The molecule has 6 heteroatoms. The van der Waals surface area contributed by atoms with Crippen LogP contribution >= 0.6 is 0 Å². The van der Waals surface area contributed by atoms with E-state index in [1.165, 1.54) is 56.4 Å². The van der Waals surface area contributed by atoms with Gasteiger partial charge in [0.25, 0.3) is 0 Å². The number of carbonyl (C=O) groups is 1. The molecule has 0 spiro atoms. The van der Waals surface area contributed by atoms with Crippen molar-refractivity contribution in [3.05, 3.63) is 35.4 Å². The molecule has 1 aromatic carbocycles. The van der Waals surface area contributed by atoms with Gasteiger partial charge < -0.3 is 20.0 Å². The first-order valence-corrected chi connectivity index (χ1v) is 11.8. The molecule has 3 heterocycles. The van der Waals surface area contributed by atoms with E-state index in [9.17, 15) is 4.79 Å². The Morgan fingerprint density at radius 3 is 2.50 bits per heavy atom. The molecule has 0 aliphatic carbocycles. The minimum atomic E-state index is 0.255. The number of guanidine groups is 1. The molecule has 0 aromatic heterocycles. The number of benzene rings is 1. The summed E-state index contributed by atoms with van der Waals surface area (Å²) in [7, 11) is 1.87. The van der Waals surface area contributed by atoms with Gasteiger partial charge in [-0.05, 0) is 55.8 Å². The fourth-order valence-corrected chi connectivity index (χ4v) is 5.12. The summed E-state index contributed by atoms with van der Waals surface area (Å²) in [5.74, 6) is 2.00. The molecule has 3 aliphatic heterocycles. The fraction of sp³-hybridized carbons (Fsp3) is 0.667. The van der Waals surface area contributed by atoms with Gasteiger partial charge in [0.05, 0.1) is 0 Å². The van der Waals surface area contributed by atoms with Crippen LogP contribution < -0.4 is 5.32 Å². The number of nitrogens with one attached hydrogen (secondary N) is 1. The van der Waals surface area contributed by atoms with Gasteiger partial charge in [0.1, 0.15) is 0 Å². The maximum absolute atomic E-state index is 12.6. The zero-order valence-corrected chi connectivity index (χ0v) is 18.5. The van der Waals surface area contributed by atoms with E-state index >= 15 is 0 Å². The number of likely N-dealkylation sites (tertiary alicyclic amines) is 2. The average Bonchev–Trinajstić information content (AvgIpc) is 3.41. The zero-order chi connectivity index (χ0) is 20.8. The van der Waals surface area contributed by atoms with Crippen molar-refractivity contribution in [3.8, 4) is 0 Å². The van der Waals surface area contributed by atoms with Crippen molar-refractivity contribution in [1.29, 1.82) is 0 Å². The monoisotopic (exact) mass is 411 g/mol. The Labute approximate surface area is 181 Å². The SMILES string of the molecule is CN=C(NCCCC(=O)N1Cc2ccccc2C1)N1CCC(CN2CCCCC2)C1. The summed E-state index contributed by atoms with van der Waals surface area (Å²) in [5, 5.41) is 3.49. The zero-order valence-electron chi connectivity index (χ0n) is 18.5. The van der Waals surface area contributed by atoms with Crippen LogP contribution in [0.4, 0.5) is 0 Å². The molecule has 1 N–H and O–H groups in total. The molecule has 1 amide bonds. The molecule has 2 fully saturated rings. The topological polar surface area (TPSA) is 51.2 Å². The van der Waals surface area contributed by atoms with Crippen LogP contribution in [0.1, 0.15) is 49.7 Å². The number of piperidine rings is 1. The van der Waals surface area contributed by atoms with Gasteiger partial charge in [0, 0.05) is 52.7 Å². The second-order valence-electron chi connectivity index (χ2n) is 9.06. The number of carbonyl (C=O) groups excluding carboxylic acids is 1. The molecule has 0 radical (unpaired) electrons. The predicted octanol–water partition coefficient (Wildman–Crippen LogP) is 2.69. The highest BCUT2D eigenvalue weighted by atomic mass is 16.2. The van der Waals surface area contributed by atoms with E-state index in [4.69, 9.17) is 0 Å². The summed E-state index contributed by atoms with van der Waals surface area (Å²) in [6, 6.07) is 8.36.